The Kier molecular flexibility index (Phi) is 5.85. The van der Waals surface area contributed by atoms with Crippen LogP contribution in [0.15, 0.2) is 42.5 Å². The number of carbonyl (C=O) groups is 2. The number of urea groups is 1. The molecule has 2 saturated heterocycles. The molecule has 0 radical (unpaired) electrons. The van der Waals surface area contributed by atoms with Crippen molar-refractivity contribution in [2.24, 2.45) is 0 Å². The van der Waals surface area contributed by atoms with Crippen LogP contribution < -0.4 is 4.74 Å². The van der Waals surface area contributed by atoms with Crippen molar-refractivity contribution in [2.75, 3.05) is 52.5 Å². The Morgan fingerprint density at radius 2 is 1.48 bits per heavy atom. The number of benzene rings is 2. The molecule has 3 amide bonds. The second kappa shape index (κ2) is 8.69. The minimum absolute atomic E-state index is 0.0425. The van der Waals surface area contributed by atoms with E-state index in [-0.39, 0.29) is 11.9 Å². The zero-order valence-electron chi connectivity index (χ0n) is 16.8. The maximum absolute atomic E-state index is 12.8. The van der Waals surface area contributed by atoms with E-state index in [1.165, 1.54) is 0 Å². The summed E-state index contributed by atoms with van der Waals surface area (Å²) in [4.78, 5) is 30.8. The van der Waals surface area contributed by atoms with E-state index in [0.717, 1.165) is 10.8 Å². The molecule has 0 aliphatic carbocycles. The lowest BCUT2D eigenvalue weighted by Crippen LogP contribution is -2.57. The van der Waals surface area contributed by atoms with E-state index in [1.807, 2.05) is 52.3 Å². The van der Waals surface area contributed by atoms with Crippen molar-refractivity contribution in [3.8, 4) is 5.75 Å². The van der Waals surface area contributed by atoms with E-state index in [2.05, 4.69) is 0 Å². The number of rotatable bonds is 3. The summed E-state index contributed by atoms with van der Waals surface area (Å²) in [6.07, 6.45) is -0.572. The second-order valence-electron chi connectivity index (χ2n) is 7.46. The van der Waals surface area contributed by atoms with Gasteiger partial charge in [0.05, 0.1) is 13.2 Å². The molecule has 0 bridgehead atoms. The van der Waals surface area contributed by atoms with E-state index in [4.69, 9.17) is 9.47 Å². The smallest absolute Gasteiger partial charge is 0.320 e. The Hall–Kier alpha value is -2.80. The predicted molar refractivity (Wildman–Crippen MR) is 110 cm³/mol. The number of nitrogens with zero attached hydrogens (tertiary/aromatic N) is 3. The first-order chi connectivity index (χ1) is 14.1. The molecule has 0 aromatic heterocycles. The molecule has 2 fully saturated rings. The van der Waals surface area contributed by atoms with Crippen LogP contribution in [-0.2, 0) is 9.53 Å². The number of carbonyl (C=O) groups excluding carboxylic acids is 2. The molecule has 2 aromatic carbocycles. The SMILES string of the molecule is C[C@@H](Oc1ccc2ccccc2c1)C(=O)N1CCN(C(=O)N2CCOCC2)CC1. The third-order valence-electron chi connectivity index (χ3n) is 5.53. The van der Waals surface area contributed by atoms with Gasteiger partial charge in [-0.1, -0.05) is 30.3 Å². The van der Waals surface area contributed by atoms with Crippen LogP contribution in [-0.4, -0.2) is 85.2 Å². The fourth-order valence-corrected chi connectivity index (χ4v) is 3.83. The average molecular weight is 397 g/mol. The maximum Gasteiger partial charge on any atom is 0.320 e. The number of piperazine rings is 1. The lowest BCUT2D eigenvalue weighted by Gasteiger charge is -2.39. The van der Waals surface area contributed by atoms with E-state index in [0.29, 0.717) is 58.2 Å². The summed E-state index contributed by atoms with van der Waals surface area (Å²) in [7, 11) is 0. The maximum atomic E-state index is 12.8. The van der Waals surface area contributed by atoms with Crippen LogP contribution in [0, 0.1) is 0 Å². The molecule has 0 spiro atoms. The van der Waals surface area contributed by atoms with Crippen LogP contribution in [0.2, 0.25) is 0 Å². The Balaban J connectivity index is 1.30. The normalized spacial score (nSPS) is 18.6. The topological polar surface area (TPSA) is 62.3 Å². The van der Waals surface area contributed by atoms with Crippen molar-refractivity contribution in [1.29, 1.82) is 0 Å². The van der Waals surface area contributed by atoms with Gasteiger partial charge in [0.2, 0.25) is 0 Å². The first-order valence-electron chi connectivity index (χ1n) is 10.2. The fourth-order valence-electron chi connectivity index (χ4n) is 3.83. The summed E-state index contributed by atoms with van der Waals surface area (Å²) in [5.74, 6) is 0.641. The Morgan fingerprint density at radius 3 is 2.21 bits per heavy atom. The lowest BCUT2D eigenvalue weighted by molar-refractivity contribution is -0.139. The molecule has 2 heterocycles. The predicted octanol–water partition coefficient (Wildman–Crippen LogP) is 2.20. The zero-order chi connectivity index (χ0) is 20.2. The number of ether oxygens (including phenoxy) is 2. The lowest BCUT2D eigenvalue weighted by atomic mass is 10.1. The fraction of sp³-hybridized carbons (Fsp3) is 0.455. The van der Waals surface area contributed by atoms with Gasteiger partial charge in [-0.25, -0.2) is 4.79 Å². The number of hydrogen-bond donors (Lipinski definition) is 0. The van der Waals surface area contributed by atoms with Crippen molar-refractivity contribution in [3.05, 3.63) is 42.5 Å². The molecule has 2 aromatic rings. The summed E-state index contributed by atoms with van der Waals surface area (Å²) >= 11 is 0. The van der Waals surface area contributed by atoms with Crippen molar-refractivity contribution >= 4 is 22.7 Å². The number of hydrogen-bond acceptors (Lipinski definition) is 4. The summed E-state index contributed by atoms with van der Waals surface area (Å²) < 4.78 is 11.2. The molecule has 4 rings (SSSR count). The summed E-state index contributed by atoms with van der Waals surface area (Å²) in [6, 6.07) is 13.9. The summed E-state index contributed by atoms with van der Waals surface area (Å²) in [5, 5.41) is 2.22. The monoisotopic (exact) mass is 397 g/mol. The number of fused-ring (bicyclic) bond motifs is 1. The Bertz CT molecular complexity index is 873. The van der Waals surface area contributed by atoms with E-state index >= 15 is 0 Å². The van der Waals surface area contributed by atoms with Gasteiger partial charge < -0.3 is 24.2 Å². The first-order valence-corrected chi connectivity index (χ1v) is 10.2. The zero-order valence-corrected chi connectivity index (χ0v) is 16.8. The Morgan fingerprint density at radius 1 is 0.862 bits per heavy atom. The molecule has 29 heavy (non-hydrogen) atoms. The highest BCUT2D eigenvalue weighted by Crippen LogP contribution is 2.22. The highest BCUT2D eigenvalue weighted by Gasteiger charge is 2.30. The minimum atomic E-state index is -0.572. The third kappa shape index (κ3) is 4.45. The number of morpholine rings is 1. The summed E-state index contributed by atoms with van der Waals surface area (Å²) in [6.45, 7) is 6.38. The van der Waals surface area contributed by atoms with Gasteiger partial charge in [0.25, 0.3) is 5.91 Å². The van der Waals surface area contributed by atoms with E-state index in [9.17, 15) is 9.59 Å². The van der Waals surface area contributed by atoms with E-state index < -0.39 is 6.10 Å². The van der Waals surface area contributed by atoms with Crippen LogP contribution in [0.25, 0.3) is 10.8 Å². The molecule has 7 nitrogen and oxygen atoms in total. The average Bonchev–Trinajstić information content (AvgIpc) is 2.78. The highest BCUT2D eigenvalue weighted by atomic mass is 16.5. The van der Waals surface area contributed by atoms with Crippen molar-refractivity contribution in [2.45, 2.75) is 13.0 Å². The summed E-state index contributed by atoms with van der Waals surface area (Å²) in [5.41, 5.74) is 0. The van der Waals surface area contributed by atoms with Crippen molar-refractivity contribution in [3.63, 3.8) is 0 Å². The van der Waals surface area contributed by atoms with Gasteiger partial charge in [-0.2, -0.15) is 0 Å². The molecule has 0 saturated carbocycles. The van der Waals surface area contributed by atoms with Crippen molar-refractivity contribution in [1.82, 2.24) is 14.7 Å². The molecule has 2 aliphatic rings. The first kappa shape index (κ1) is 19.5. The van der Waals surface area contributed by atoms with Crippen LogP contribution >= 0.6 is 0 Å². The van der Waals surface area contributed by atoms with Crippen LogP contribution in [0.5, 0.6) is 5.75 Å². The largest absolute Gasteiger partial charge is 0.481 e. The molecular weight excluding hydrogens is 370 g/mol. The molecule has 1 atom stereocenters. The van der Waals surface area contributed by atoms with Crippen molar-refractivity contribution < 1.29 is 19.1 Å². The van der Waals surface area contributed by atoms with Crippen LogP contribution in [0.1, 0.15) is 6.92 Å². The van der Waals surface area contributed by atoms with Gasteiger partial charge in [0.15, 0.2) is 6.10 Å². The van der Waals surface area contributed by atoms with Gasteiger partial charge in [0, 0.05) is 39.3 Å². The highest BCUT2D eigenvalue weighted by molar-refractivity contribution is 5.84. The molecule has 0 unspecified atom stereocenters. The quantitative estimate of drug-likeness (QED) is 0.797. The van der Waals surface area contributed by atoms with E-state index in [1.54, 1.807) is 11.8 Å². The molecule has 154 valence electrons. The van der Waals surface area contributed by atoms with Gasteiger partial charge in [0.1, 0.15) is 5.75 Å². The molecule has 2 aliphatic heterocycles. The second-order valence-corrected chi connectivity index (χ2v) is 7.46. The minimum Gasteiger partial charge on any atom is -0.481 e. The Labute approximate surface area is 170 Å². The van der Waals surface area contributed by atoms with Crippen LogP contribution in [0.3, 0.4) is 0 Å². The standard InChI is InChI=1S/C22H27N3O4/c1-17(29-20-7-6-18-4-2-3-5-19(18)16-20)21(26)23-8-10-24(11-9-23)22(27)25-12-14-28-15-13-25/h2-7,16-17H,8-15H2,1H3/t17-/m1/s1. The third-order valence-corrected chi connectivity index (χ3v) is 5.53. The van der Waals surface area contributed by atoms with Gasteiger partial charge in [-0.3, -0.25) is 4.79 Å². The number of amides is 3. The van der Waals surface area contributed by atoms with Gasteiger partial charge >= 0.3 is 6.03 Å². The molecular formula is C22H27N3O4. The van der Waals surface area contributed by atoms with Crippen LogP contribution in [0.4, 0.5) is 4.79 Å². The molecule has 7 heteroatoms. The van der Waals surface area contributed by atoms with Gasteiger partial charge in [-0.05, 0) is 29.8 Å². The molecule has 0 N–H and O–H groups in total. The van der Waals surface area contributed by atoms with Gasteiger partial charge in [-0.15, -0.1) is 0 Å².